The summed E-state index contributed by atoms with van der Waals surface area (Å²) in [6.07, 6.45) is 4.81. The van der Waals surface area contributed by atoms with Crippen molar-refractivity contribution in [2.45, 2.75) is 38.1 Å². The molecule has 2 heterocycles. The molecule has 0 aliphatic carbocycles. The first kappa shape index (κ1) is 13.3. The van der Waals surface area contributed by atoms with Crippen LogP contribution in [0.5, 0.6) is 0 Å². The van der Waals surface area contributed by atoms with E-state index in [1.165, 1.54) is 12.8 Å². The lowest BCUT2D eigenvalue weighted by Gasteiger charge is -2.31. The molecule has 0 radical (unpaired) electrons. The summed E-state index contributed by atoms with van der Waals surface area (Å²) in [5.41, 5.74) is 0. The topological polar surface area (TPSA) is 61.4 Å². The number of likely N-dealkylation sites (N-methyl/N-ethyl adjacent to an activating group) is 1. The second kappa shape index (κ2) is 6.18. The molecule has 0 saturated carbocycles. The highest BCUT2D eigenvalue weighted by Crippen LogP contribution is 2.15. The van der Waals surface area contributed by atoms with Crippen molar-refractivity contribution in [3.05, 3.63) is 0 Å². The van der Waals surface area contributed by atoms with Crippen LogP contribution in [0.25, 0.3) is 0 Å². The van der Waals surface area contributed by atoms with E-state index in [-0.39, 0.29) is 17.7 Å². The van der Waals surface area contributed by atoms with E-state index in [2.05, 4.69) is 10.6 Å². The molecule has 18 heavy (non-hydrogen) atoms. The summed E-state index contributed by atoms with van der Waals surface area (Å²) in [6.45, 7) is 2.34. The van der Waals surface area contributed by atoms with Crippen molar-refractivity contribution in [2.75, 3.05) is 26.7 Å². The zero-order valence-corrected chi connectivity index (χ0v) is 11.1. The van der Waals surface area contributed by atoms with Crippen molar-refractivity contribution in [2.24, 2.45) is 5.92 Å². The van der Waals surface area contributed by atoms with E-state index < -0.39 is 0 Å². The van der Waals surface area contributed by atoms with E-state index >= 15 is 0 Å². The predicted molar refractivity (Wildman–Crippen MR) is 69.0 cm³/mol. The van der Waals surface area contributed by atoms with E-state index in [0.29, 0.717) is 25.4 Å². The van der Waals surface area contributed by atoms with E-state index in [9.17, 15) is 9.59 Å². The Morgan fingerprint density at radius 3 is 2.83 bits per heavy atom. The summed E-state index contributed by atoms with van der Waals surface area (Å²) in [5, 5.41) is 6.22. The van der Waals surface area contributed by atoms with Gasteiger partial charge in [0.1, 0.15) is 0 Å². The Hall–Kier alpha value is -1.10. The summed E-state index contributed by atoms with van der Waals surface area (Å²) in [7, 11) is 1.87. The molecule has 0 aromatic carbocycles. The van der Waals surface area contributed by atoms with E-state index in [4.69, 9.17) is 0 Å². The van der Waals surface area contributed by atoms with E-state index in [1.807, 2.05) is 11.9 Å². The van der Waals surface area contributed by atoms with Gasteiger partial charge in [-0.15, -0.1) is 0 Å². The lowest BCUT2D eigenvalue weighted by Crippen LogP contribution is -2.48. The number of rotatable bonds is 3. The molecule has 2 aliphatic heterocycles. The van der Waals surface area contributed by atoms with E-state index in [0.717, 1.165) is 19.5 Å². The van der Waals surface area contributed by atoms with Crippen LogP contribution in [-0.4, -0.2) is 49.4 Å². The van der Waals surface area contributed by atoms with Crippen LogP contribution < -0.4 is 10.6 Å². The van der Waals surface area contributed by atoms with Crippen molar-refractivity contribution >= 4 is 11.8 Å². The smallest absolute Gasteiger partial charge is 0.227 e. The molecule has 0 spiro atoms. The van der Waals surface area contributed by atoms with Gasteiger partial charge in [0.25, 0.3) is 0 Å². The fraction of sp³-hybridized carbons (Fsp3) is 0.846. The highest BCUT2D eigenvalue weighted by Gasteiger charge is 2.28. The highest BCUT2D eigenvalue weighted by atomic mass is 16.2. The number of nitrogens with one attached hydrogen (secondary N) is 2. The second-order valence-corrected chi connectivity index (χ2v) is 5.41. The number of carbonyl (C=O) groups excluding carboxylic acids is 2. The van der Waals surface area contributed by atoms with Crippen LogP contribution in [0.3, 0.4) is 0 Å². The molecule has 0 aromatic rings. The Labute approximate surface area is 108 Å². The fourth-order valence-electron chi connectivity index (χ4n) is 2.76. The second-order valence-electron chi connectivity index (χ2n) is 5.41. The van der Waals surface area contributed by atoms with Crippen LogP contribution in [0.15, 0.2) is 0 Å². The summed E-state index contributed by atoms with van der Waals surface area (Å²) in [5.74, 6) is 0.203. The van der Waals surface area contributed by atoms with Gasteiger partial charge in [-0.05, 0) is 25.8 Å². The number of amides is 2. The summed E-state index contributed by atoms with van der Waals surface area (Å²) in [6, 6.07) is 0.436. The number of piperidine rings is 2. The standard InChI is InChI=1S/C13H23N3O2/c1-16(9-11-4-2-3-7-14-11)13(18)10-5-6-12(17)15-8-10/h10-11,14H,2-9H2,1H3,(H,15,17). The number of nitrogens with zero attached hydrogens (tertiary/aromatic N) is 1. The molecule has 2 N–H and O–H groups in total. The van der Waals surface area contributed by atoms with Gasteiger partial charge in [0, 0.05) is 32.6 Å². The molecule has 2 atom stereocenters. The molecule has 5 nitrogen and oxygen atoms in total. The predicted octanol–water partition coefficient (Wildman–Crippen LogP) is 0.113. The molecule has 0 aromatic heterocycles. The third-order valence-electron chi connectivity index (χ3n) is 3.90. The van der Waals surface area contributed by atoms with Gasteiger partial charge in [0.05, 0.1) is 5.92 Å². The molecule has 102 valence electrons. The molecule has 2 saturated heterocycles. The maximum Gasteiger partial charge on any atom is 0.227 e. The first-order chi connectivity index (χ1) is 8.66. The van der Waals surface area contributed by atoms with Crippen LogP contribution in [0.2, 0.25) is 0 Å². The lowest BCUT2D eigenvalue weighted by molar-refractivity contribution is -0.136. The zero-order valence-electron chi connectivity index (χ0n) is 11.1. The molecular formula is C13H23N3O2. The van der Waals surface area contributed by atoms with Crippen LogP contribution in [0.4, 0.5) is 0 Å². The first-order valence-corrected chi connectivity index (χ1v) is 6.92. The SMILES string of the molecule is CN(CC1CCCCN1)C(=O)C1CCC(=O)NC1. The van der Waals surface area contributed by atoms with Gasteiger partial charge in [-0.25, -0.2) is 0 Å². The van der Waals surface area contributed by atoms with Gasteiger partial charge in [0.15, 0.2) is 0 Å². The first-order valence-electron chi connectivity index (χ1n) is 6.92. The minimum atomic E-state index is -0.0312. The van der Waals surface area contributed by atoms with Gasteiger partial charge in [-0.1, -0.05) is 6.42 Å². The van der Waals surface area contributed by atoms with Crippen LogP contribution in [0.1, 0.15) is 32.1 Å². The van der Waals surface area contributed by atoms with Crippen molar-refractivity contribution < 1.29 is 9.59 Å². The van der Waals surface area contributed by atoms with Crippen molar-refractivity contribution in [1.82, 2.24) is 15.5 Å². The summed E-state index contributed by atoms with van der Waals surface area (Å²) < 4.78 is 0. The van der Waals surface area contributed by atoms with Crippen molar-refractivity contribution in [3.8, 4) is 0 Å². The van der Waals surface area contributed by atoms with Crippen molar-refractivity contribution in [3.63, 3.8) is 0 Å². The molecule has 0 bridgehead atoms. The fourth-order valence-corrected chi connectivity index (χ4v) is 2.76. The largest absolute Gasteiger partial charge is 0.355 e. The normalized spacial score (nSPS) is 28.6. The summed E-state index contributed by atoms with van der Waals surface area (Å²) in [4.78, 5) is 25.1. The number of hydrogen-bond donors (Lipinski definition) is 2. The van der Waals surface area contributed by atoms with Gasteiger partial charge in [0.2, 0.25) is 11.8 Å². The molecule has 2 unspecified atom stereocenters. The number of hydrogen-bond acceptors (Lipinski definition) is 3. The van der Waals surface area contributed by atoms with Gasteiger partial charge in [-0.3, -0.25) is 9.59 Å². The van der Waals surface area contributed by atoms with Gasteiger partial charge < -0.3 is 15.5 Å². The van der Waals surface area contributed by atoms with Crippen LogP contribution >= 0.6 is 0 Å². The van der Waals surface area contributed by atoms with Crippen LogP contribution in [0, 0.1) is 5.92 Å². The molecule has 2 fully saturated rings. The van der Waals surface area contributed by atoms with Crippen LogP contribution in [-0.2, 0) is 9.59 Å². The van der Waals surface area contributed by atoms with E-state index in [1.54, 1.807) is 0 Å². The molecule has 2 rings (SSSR count). The van der Waals surface area contributed by atoms with Crippen molar-refractivity contribution in [1.29, 1.82) is 0 Å². The molecule has 5 heteroatoms. The zero-order chi connectivity index (χ0) is 13.0. The monoisotopic (exact) mass is 253 g/mol. The average Bonchev–Trinajstić information content (AvgIpc) is 2.40. The maximum absolute atomic E-state index is 12.2. The third kappa shape index (κ3) is 3.45. The third-order valence-corrected chi connectivity index (χ3v) is 3.90. The quantitative estimate of drug-likeness (QED) is 0.750. The summed E-state index contributed by atoms with van der Waals surface area (Å²) >= 11 is 0. The number of carbonyl (C=O) groups is 2. The maximum atomic E-state index is 12.2. The Morgan fingerprint density at radius 2 is 2.22 bits per heavy atom. The van der Waals surface area contributed by atoms with Gasteiger partial charge >= 0.3 is 0 Å². The Bertz CT molecular complexity index is 303. The highest BCUT2D eigenvalue weighted by molar-refractivity contribution is 5.83. The average molecular weight is 253 g/mol. The van der Waals surface area contributed by atoms with Gasteiger partial charge in [-0.2, -0.15) is 0 Å². The molecule has 2 amide bonds. The Kier molecular flexibility index (Phi) is 4.58. The lowest BCUT2D eigenvalue weighted by atomic mass is 9.97. The Balaban J connectivity index is 1.78. The minimum Gasteiger partial charge on any atom is -0.355 e. The minimum absolute atomic E-state index is 0.0312. The Morgan fingerprint density at radius 1 is 1.39 bits per heavy atom. The molecular weight excluding hydrogens is 230 g/mol. The molecule has 2 aliphatic rings.